The zero-order chi connectivity index (χ0) is 11.4. The summed E-state index contributed by atoms with van der Waals surface area (Å²) >= 11 is 0. The number of amides is 1. The van der Waals surface area contributed by atoms with Crippen molar-refractivity contribution in [3.05, 3.63) is 0 Å². The number of ether oxygens (including phenoxy) is 1. The van der Waals surface area contributed by atoms with Gasteiger partial charge in [0, 0.05) is 6.61 Å². The average molecular weight is 227 g/mol. The second-order valence-corrected chi connectivity index (χ2v) is 5.05. The lowest BCUT2D eigenvalue weighted by atomic mass is 9.82. The minimum Gasteiger partial charge on any atom is -0.394 e. The first-order valence-corrected chi connectivity index (χ1v) is 6.26. The molecular formula is C12H21NO3. The van der Waals surface area contributed by atoms with Crippen LogP contribution in [0.25, 0.3) is 0 Å². The first kappa shape index (κ1) is 11.9. The number of carbonyl (C=O) groups excluding carboxylic acids is 1. The molecule has 1 aliphatic carbocycles. The SMILES string of the molecule is O=C(NC1(CO)CCCCC1)C1CCOC1. The summed E-state index contributed by atoms with van der Waals surface area (Å²) in [6.07, 6.45) is 6.03. The summed E-state index contributed by atoms with van der Waals surface area (Å²) in [5.41, 5.74) is -0.349. The van der Waals surface area contributed by atoms with Gasteiger partial charge in [-0.15, -0.1) is 0 Å². The quantitative estimate of drug-likeness (QED) is 0.751. The van der Waals surface area contributed by atoms with Crippen LogP contribution in [-0.2, 0) is 9.53 Å². The van der Waals surface area contributed by atoms with Gasteiger partial charge in [-0.3, -0.25) is 4.79 Å². The lowest BCUT2D eigenvalue weighted by Gasteiger charge is -2.37. The van der Waals surface area contributed by atoms with Gasteiger partial charge in [-0.1, -0.05) is 19.3 Å². The van der Waals surface area contributed by atoms with Crippen LogP contribution in [0.4, 0.5) is 0 Å². The third kappa shape index (κ3) is 2.55. The van der Waals surface area contributed by atoms with Gasteiger partial charge >= 0.3 is 0 Å². The Morgan fingerprint density at radius 3 is 2.69 bits per heavy atom. The minimum absolute atomic E-state index is 0.00893. The van der Waals surface area contributed by atoms with Crippen LogP contribution < -0.4 is 5.32 Å². The van der Waals surface area contributed by atoms with E-state index in [-0.39, 0.29) is 24.0 Å². The summed E-state index contributed by atoms with van der Waals surface area (Å²) in [5, 5.41) is 12.5. The van der Waals surface area contributed by atoms with Crippen molar-refractivity contribution in [1.29, 1.82) is 0 Å². The van der Waals surface area contributed by atoms with Crippen LogP contribution in [0.2, 0.25) is 0 Å². The Bertz CT molecular complexity index is 243. The van der Waals surface area contributed by atoms with Gasteiger partial charge in [0.1, 0.15) is 0 Å². The fourth-order valence-electron chi connectivity index (χ4n) is 2.66. The molecule has 16 heavy (non-hydrogen) atoms. The lowest BCUT2D eigenvalue weighted by Crippen LogP contribution is -2.54. The molecular weight excluding hydrogens is 206 g/mol. The molecule has 0 aromatic heterocycles. The van der Waals surface area contributed by atoms with Gasteiger partial charge in [0.05, 0.1) is 24.7 Å². The topological polar surface area (TPSA) is 58.6 Å². The van der Waals surface area contributed by atoms with Crippen molar-refractivity contribution in [2.45, 2.75) is 44.1 Å². The van der Waals surface area contributed by atoms with Crippen LogP contribution in [0, 0.1) is 5.92 Å². The normalized spacial score (nSPS) is 28.9. The number of aliphatic hydroxyl groups is 1. The minimum atomic E-state index is -0.349. The molecule has 0 spiro atoms. The zero-order valence-electron chi connectivity index (χ0n) is 9.71. The Morgan fingerprint density at radius 2 is 2.12 bits per heavy atom. The Kier molecular flexibility index (Phi) is 3.82. The molecule has 1 heterocycles. The molecule has 0 bridgehead atoms. The van der Waals surface area contributed by atoms with Crippen molar-refractivity contribution in [3.63, 3.8) is 0 Å². The van der Waals surface area contributed by atoms with Crippen LogP contribution in [-0.4, -0.2) is 36.4 Å². The number of aliphatic hydroxyl groups excluding tert-OH is 1. The summed E-state index contributed by atoms with van der Waals surface area (Å²) in [7, 11) is 0. The largest absolute Gasteiger partial charge is 0.394 e. The van der Waals surface area contributed by atoms with E-state index in [0.717, 1.165) is 32.1 Å². The van der Waals surface area contributed by atoms with Crippen LogP contribution in [0.15, 0.2) is 0 Å². The molecule has 0 aromatic rings. The third-order valence-electron chi connectivity index (χ3n) is 3.80. The van der Waals surface area contributed by atoms with Crippen molar-refractivity contribution in [2.75, 3.05) is 19.8 Å². The van der Waals surface area contributed by atoms with Gasteiger partial charge < -0.3 is 15.2 Å². The predicted molar refractivity (Wildman–Crippen MR) is 60.0 cm³/mol. The van der Waals surface area contributed by atoms with E-state index in [1.165, 1.54) is 6.42 Å². The molecule has 0 aromatic carbocycles. The fraction of sp³-hybridized carbons (Fsp3) is 0.917. The van der Waals surface area contributed by atoms with Crippen molar-refractivity contribution in [3.8, 4) is 0 Å². The number of hydrogen-bond donors (Lipinski definition) is 2. The standard InChI is InChI=1S/C12H21NO3/c14-9-12(5-2-1-3-6-12)13-11(15)10-4-7-16-8-10/h10,14H,1-9H2,(H,13,15). The number of nitrogens with one attached hydrogen (secondary N) is 1. The Hall–Kier alpha value is -0.610. The highest BCUT2D eigenvalue weighted by molar-refractivity contribution is 5.79. The van der Waals surface area contributed by atoms with Crippen molar-refractivity contribution in [1.82, 2.24) is 5.32 Å². The molecule has 2 rings (SSSR count). The molecule has 2 N–H and O–H groups in total. The summed E-state index contributed by atoms with van der Waals surface area (Å²) in [6.45, 7) is 1.28. The molecule has 1 unspecified atom stereocenters. The summed E-state index contributed by atoms with van der Waals surface area (Å²) in [4.78, 5) is 12.0. The van der Waals surface area contributed by atoms with Crippen LogP contribution in [0.5, 0.6) is 0 Å². The van der Waals surface area contributed by atoms with Gasteiger partial charge in [0.2, 0.25) is 5.91 Å². The van der Waals surface area contributed by atoms with Gasteiger partial charge in [-0.2, -0.15) is 0 Å². The van der Waals surface area contributed by atoms with Crippen molar-refractivity contribution in [2.24, 2.45) is 5.92 Å². The van der Waals surface area contributed by atoms with Crippen LogP contribution in [0.3, 0.4) is 0 Å². The molecule has 1 atom stereocenters. The maximum absolute atomic E-state index is 12.0. The Balaban J connectivity index is 1.91. The van der Waals surface area contributed by atoms with Gasteiger partial charge in [0.15, 0.2) is 0 Å². The van der Waals surface area contributed by atoms with E-state index in [1.54, 1.807) is 0 Å². The molecule has 4 nitrogen and oxygen atoms in total. The molecule has 1 saturated carbocycles. The zero-order valence-corrected chi connectivity index (χ0v) is 9.71. The molecule has 1 amide bonds. The summed E-state index contributed by atoms with van der Waals surface area (Å²) in [5.74, 6) is 0.0544. The number of hydrogen-bond acceptors (Lipinski definition) is 3. The first-order chi connectivity index (χ1) is 7.76. The Morgan fingerprint density at radius 1 is 1.38 bits per heavy atom. The number of carbonyl (C=O) groups is 1. The second kappa shape index (κ2) is 5.15. The maximum Gasteiger partial charge on any atom is 0.226 e. The lowest BCUT2D eigenvalue weighted by molar-refractivity contribution is -0.128. The highest BCUT2D eigenvalue weighted by Gasteiger charge is 2.35. The number of rotatable bonds is 3. The molecule has 2 fully saturated rings. The van der Waals surface area contributed by atoms with Gasteiger partial charge in [0.25, 0.3) is 0 Å². The van der Waals surface area contributed by atoms with Gasteiger partial charge in [-0.05, 0) is 19.3 Å². The molecule has 2 aliphatic rings. The van der Waals surface area contributed by atoms with E-state index in [9.17, 15) is 9.90 Å². The highest BCUT2D eigenvalue weighted by Crippen LogP contribution is 2.28. The molecule has 4 heteroatoms. The van der Waals surface area contributed by atoms with Crippen molar-refractivity contribution >= 4 is 5.91 Å². The summed E-state index contributed by atoms with van der Waals surface area (Å²) in [6, 6.07) is 0. The molecule has 0 radical (unpaired) electrons. The highest BCUT2D eigenvalue weighted by atomic mass is 16.5. The monoisotopic (exact) mass is 227 g/mol. The van der Waals surface area contributed by atoms with E-state index >= 15 is 0 Å². The average Bonchev–Trinajstić information content (AvgIpc) is 2.84. The van der Waals surface area contributed by atoms with Crippen molar-refractivity contribution < 1.29 is 14.6 Å². The fourth-order valence-corrected chi connectivity index (χ4v) is 2.66. The third-order valence-corrected chi connectivity index (χ3v) is 3.80. The van der Waals surface area contributed by atoms with E-state index < -0.39 is 0 Å². The summed E-state index contributed by atoms with van der Waals surface area (Å²) < 4.78 is 5.21. The van der Waals surface area contributed by atoms with E-state index in [4.69, 9.17) is 4.74 Å². The molecule has 92 valence electrons. The molecule has 1 saturated heterocycles. The Labute approximate surface area is 96.4 Å². The van der Waals surface area contributed by atoms with Gasteiger partial charge in [-0.25, -0.2) is 0 Å². The van der Waals surface area contributed by atoms with E-state index in [2.05, 4.69) is 5.32 Å². The van der Waals surface area contributed by atoms with Crippen LogP contribution in [0.1, 0.15) is 38.5 Å². The van der Waals surface area contributed by atoms with Crippen LogP contribution >= 0.6 is 0 Å². The van der Waals surface area contributed by atoms with E-state index in [1.807, 2.05) is 0 Å². The second-order valence-electron chi connectivity index (χ2n) is 5.05. The molecule has 1 aliphatic heterocycles. The maximum atomic E-state index is 12.0. The smallest absolute Gasteiger partial charge is 0.226 e. The predicted octanol–water partition coefficient (Wildman–Crippen LogP) is 0.834. The van der Waals surface area contributed by atoms with E-state index in [0.29, 0.717) is 13.2 Å². The first-order valence-electron chi connectivity index (χ1n) is 6.26.